The Bertz CT molecular complexity index is 852. The van der Waals surface area contributed by atoms with Crippen LogP contribution in [0.4, 0.5) is 17.3 Å². The molecule has 0 amide bonds. The number of ether oxygens (including phenoxy) is 1. The summed E-state index contributed by atoms with van der Waals surface area (Å²) in [6.45, 7) is 5.71. The van der Waals surface area contributed by atoms with Gasteiger partial charge in [0.15, 0.2) is 0 Å². The molecular formula is C21H24N4O. The molecule has 3 rings (SSSR count). The van der Waals surface area contributed by atoms with Gasteiger partial charge in [-0.15, -0.1) is 0 Å². The van der Waals surface area contributed by atoms with Crippen LogP contribution < -0.4 is 15.0 Å². The van der Waals surface area contributed by atoms with E-state index in [0.29, 0.717) is 0 Å². The van der Waals surface area contributed by atoms with Crippen molar-refractivity contribution in [2.45, 2.75) is 20.4 Å². The number of rotatable bonds is 7. The largest absolute Gasteiger partial charge is 0.495 e. The van der Waals surface area contributed by atoms with Crippen molar-refractivity contribution in [3.05, 3.63) is 72.1 Å². The van der Waals surface area contributed by atoms with Gasteiger partial charge in [-0.1, -0.05) is 42.5 Å². The van der Waals surface area contributed by atoms with Crippen LogP contribution in [0.5, 0.6) is 5.75 Å². The first-order chi connectivity index (χ1) is 12.7. The van der Waals surface area contributed by atoms with Gasteiger partial charge in [0.1, 0.15) is 23.2 Å². The van der Waals surface area contributed by atoms with E-state index in [0.717, 1.165) is 42.0 Å². The maximum absolute atomic E-state index is 5.41. The van der Waals surface area contributed by atoms with Gasteiger partial charge in [-0.3, -0.25) is 0 Å². The fourth-order valence-corrected chi connectivity index (χ4v) is 2.82. The van der Waals surface area contributed by atoms with E-state index >= 15 is 0 Å². The molecule has 0 aliphatic carbocycles. The molecule has 134 valence electrons. The van der Waals surface area contributed by atoms with Crippen molar-refractivity contribution in [1.29, 1.82) is 0 Å². The van der Waals surface area contributed by atoms with E-state index in [9.17, 15) is 0 Å². The number of methoxy groups -OCH3 is 1. The fourth-order valence-electron chi connectivity index (χ4n) is 2.82. The lowest BCUT2D eigenvalue weighted by molar-refractivity contribution is 0.417. The summed E-state index contributed by atoms with van der Waals surface area (Å²) in [5.41, 5.74) is 2.13. The highest BCUT2D eigenvalue weighted by Crippen LogP contribution is 2.27. The zero-order chi connectivity index (χ0) is 18.4. The lowest BCUT2D eigenvalue weighted by Crippen LogP contribution is -2.23. The van der Waals surface area contributed by atoms with Gasteiger partial charge in [-0.2, -0.15) is 0 Å². The second-order valence-electron chi connectivity index (χ2n) is 5.98. The van der Waals surface area contributed by atoms with Crippen molar-refractivity contribution in [3.8, 4) is 5.75 Å². The zero-order valence-corrected chi connectivity index (χ0v) is 15.4. The molecular weight excluding hydrogens is 324 g/mol. The Morgan fingerprint density at radius 2 is 1.73 bits per heavy atom. The summed E-state index contributed by atoms with van der Waals surface area (Å²) >= 11 is 0. The van der Waals surface area contributed by atoms with E-state index in [-0.39, 0.29) is 0 Å². The lowest BCUT2D eigenvalue weighted by atomic mass is 10.2. The molecule has 0 spiro atoms. The highest BCUT2D eigenvalue weighted by molar-refractivity contribution is 5.65. The van der Waals surface area contributed by atoms with Crippen molar-refractivity contribution < 1.29 is 4.74 Å². The first-order valence-electron chi connectivity index (χ1n) is 8.74. The Morgan fingerprint density at radius 3 is 2.46 bits per heavy atom. The number of hydrogen-bond acceptors (Lipinski definition) is 5. The highest BCUT2D eigenvalue weighted by Gasteiger charge is 2.11. The third-order valence-corrected chi connectivity index (χ3v) is 4.12. The van der Waals surface area contributed by atoms with Crippen molar-refractivity contribution in [2.24, 2.45) is 0 Å². The predicted molar refractivity (Wildman–Crippen MR) is 106 cm³/mol. The van der Waals surface area contributed by atoms with Crippen LogP contribution in [0, 0.1) is 6.92 Å². The Labute approximate surface area is 154 Å². The summed E-state index contributed by atoms with van der Waals surface area (Å²) < 4.78 is 5.41. The summed E-state index contributed by atoms with van der Waals surface area (Å²) in [6.07, 6.45) is 0. The van der Waals surface area contributed by atoms with Crippen LogP contribution in [-0.4, -0.2) is 23.6 Å². The highest BCUT2D eigenvalue weighted by atomic mass is 16.5. The standard InChI is InChI=1S/C21H24N4O/c1-4-25(15-17-10-6-5-7-11-17)21-14-20(22-16(2)23-21)24-18-12-8-9-13-19(18)26-3/h5-14H,4,15H2,1-3H3,(H,22,23,24). The number of benzene rings is 2. The molecule has 0 fully saturated rings. The number of anilines is 3. The minimum Gasteiger partial charge on any atom is -0.495 e. The quantitative estimate of drug-likeness (QED) is 0.678. The minimum absolute atomic E-state index is 0.728. The first-order valence-corrected chi connectivity index (χ1v) is 8.74. The summed E-state index contributed by atoms with van der Waals surface area (Å²) in [4.78, 5) is 11.4. The molecule has 0 atom stereocenters. The van der Waals surface area contributed by atoms with Gasteiger partial charge >= 0.3 is 0 Å². The van der Waals surface area contributed by atoms with Gasteiger partial charge in [0.25, 0.3) is 0 Å². The third-order valence-electron chi connectivity index (χ3n) is 4.12. The van der Waals surface area contributed by atoms with Gasteiger partial charge < -0.3 is 15.0 Å². The summed E-state index contributed by atoms with van der Waals surface area (Å²) in [6, 6.07) is 20.2. The lowest BCUT2D eigenvalue weighted by Gasteiger charge is -2.23. The van der Waals surface area contributed by atoms with Crippen molar-refractivity contribution in [1.82, 2.24) is 9.97 Å². The van der Waals surface area contributed by atoms with E-state index in [2.05, 4.69) is 51.4 Å². The number of nitrogens with one attached hydrogen (secondary N) is 1. The maximum Gasteiger partial charge on any atom is 0.142 e. The molecule has 0 radical (unpaired) electrons. The summed E-state index contributed by atoms with van der Waals surface area (Å²) in [5.74, 6) is 3.16. The topological polar surface area (TPSA) is 50.3 Å². The minimum atomic E-state index is 0.728. The van der Waals surface area contributed by atoms with Crippen LogP contribution in [0.25, 0.3) is 0 Å². The Hall–Kier alpha value is -3.08. The molecule has 2 aromatic carbocycles. The molecule has 5 heteroatoms. The van der Waals surface area contributed by atoms with Crippen LogP contribution in [-0.2, 0) is 6.54 Å². The van der Waals surface area contributed by atoms with Gasteiger partial charge in [0.05, 0.1) is 12.8 Å². The second-order valence-corrected chi connectivity index (χ2v) is 5.98. The van der Waals surface area contributed by atoms with Crippen LogP contribution in [0.2, 0.25) is 0 Å². The van der Waals surface area contributed by atoms with Gasteiger partial charge in [0, 0.05) is 19.2 Å². The van der Waals surface area contributed by atoms with Crippen molar-refractivity contribution >= 4 is 17.3 Å². The molecule has 1 heterocycles. The van der Waals surface area contributed by atoms with Crippen LogP contribution in [0.15, 0.2) is 60.7 Å². The molecule has 0 aliphatic heterocycles. The molecule has 0 saturated carbocycles. The molecule has 0 unspecified atom stereocenters. The Kier molecular flexibility index (Phi) is 5.69. The molecule has 0 saturated heterocycles. The Balaban J connectivity index is 1.86. The molecule has 26 heavy (non-hydrogen) atoms. The normalized spacial score (nSPS) is 10.4. The number of para-hydroxylation sites is 2. The van der Waals surface area contributed by atoms with E-state index < -0.39 is 0 Å². The number of aryl methyl sites for hydroxylation is 1. The van der Waals surface area contributed by atoms with E-state index in [1.54, 1.807) is 7.11 Å². The van der Waals surface area contributed by atoms with Crippen molar-refractivity contribution in [2.75, 3.05) is 23.9 Å². The molecule has 0 aliphatic rings. The number of nitrogens with zero attached hydrogens (tertiary/aromatic N) is 3. The first kappa shape index (κ1) is 17.7. The van der Waals surface area contributed by atoms with Crippen molar-refractivity contribution in [3.63, 3.8) is 0 Å². The van der Waals surface area contributed by atoms with Crippen LogP contribution in [0.1, 0.15) is 18.3 Å². The maximum atomic E-state index is 5.41. The number of hydrogen-bond donors (Lipinski definition) is 1. The average Bonchev–Trinajstić information content (AvgIpc) is 2.67. The fraction of sp³-hybridized carbons (Fsp3) is 0.238. The zero-order valence-electron chi connectivity index (χ0n) is 15.4. The smallest absolute Gasteiger partial charge is 0.142 e. The predicted octanol–water partition coefficient (Wildman–Crippen LogP) is 4.56. The van der Waals surface area contributed by atoms with Crippen LogP contribution >= 0.6 is 0 Å². The molecule has 5 nitrogen and oxygen atoms in total. The average molecular weight is 348 g/mol. The molecule has 1 N–H and O–H groups in total. The summed E-state index contributed by atoms with van der Waals surface area (Å²) in [5, 5.41) is 3.34. The van der Waals surface area contributed by atoms with Gasteiger partial charge in [-0.25, -0.2) is 9.97 Å². The van der Waals surface area contributed by atoms with E-state index in [1.807, 2.05) is 43.3 Å². The molecule has 0 bridgehead atoms. The van der Waals surface area contributed by atoms with Crippen LogP contribution in [0.3, 0.4) is 0 Å². The molecule has 3 aromatic rings. The Morgan fingerprint density at radius 1 is 1.00 bits per heavy atom. The third kappa shape index (κ3) is 4.30. The summed E-state index contributed by atoms with van der Waals surface area (Å²) in [7, 11) is 1.66. The monoisotopic (exact) mass is 348 g/mol. The van der Waals surface area contributed by atoms with E-state index in [4.69, 9.17) is 4.74 Å². The van der Waals surface area contributed by atoms with Gasteiger partial charge in [-0.05, 0) is 31.5 Å². The van der Waals surface area contributed by atoms with E-state index in [1.165, 1.54) is 5.56 Å². The SMILES string of the molecule is CCN(Cc1ccccc1)c1cc(Nc2ccccc2OC)nc(C)n1. The van der Waals surface area contributed by atoms with Gasteiger partial charge in [0.2, 0.25) is 0 Å². The molecule has 1 aromatic heterocycles. The number of aromatic nitrogens is 2. The second kappa shape index (κ2) is 8.34.